The zero-order valence-electron chi connectivity index (χ0n) is 4.35. The van der Waals surface area contributed by atoms with Gasteiger partial charge in [0, 0.05) is 17.1 Å². The van der Waals surface area contributed by atoms with E-state index < -0.39 is 0 Å². The summed E-state index contributed by atoms with van der Waals surface area (Å²) in [4.78, 5) is 0. The Labute approximate surface area is 107 Å². The third kappa shape index (κ3) is 56.9. The van der Waals surface area contributed by atoms with E-state index in [2.05, 4.69) is 0 Å². The van der Waals surface area contributed by atoms with E-state index in [4.69, 9.17) is 0 Å². The molecule has 7 heavy (non-hydrogen) atoms. The zero-order chi connectivity index (χ0) is 0. The van der Waals surface area contributed by atoms with Gasteiger partial charge in [-0.05, 0) is 0 Å². The molecule has 0 saturated carbocycles. The summed E-state index contributed by atoms with van der Waals surface area (Å²) in [5.41, 5.74) is 0. The Kier molecular flexibility index (Phi) is 1170. The summed E-state index contributed by atoms with van der Waals surface area (Å²) < 4.78 is 0. The molecule has 48 valence electrons. The summed E-state index contributed by atoms with van der Waals surface area (Å²) in [6.07, 6.45) is 0. The number of hydrogen-bond acceptors (Lipinski definition) is 0. The smallest absolute Gasteiger partial charge is 1.00 e. The molecule has 7 heteroatoms. The number of hydrogen-bond donors (Lipinski definition) is 0. The van der Waals surface area contributed by atoms with E-state index in [0.717, 1.165) is 0 Å². The summed E-state index contributed by atoms with van der Waals surface area (Å²) >= 11 is 0. The van der Waals surface area contributed by atoms with Crippen molar-refractivity contribution in [3.63, 3.8) is 0 Å². The average Bonchev–Trinajstić information content (AvgIpc) is 0. The summed E-state index contributed by atoms with van der Waals surface area (Å²) in [5, 5.41) is 0. The molecule has 0 aromatic heterocycles. The van der Waals surface area contributed by atoms with Crippen molar-refractivity contribution in [1.29, 1.82) is 0 Å². The molecule has 0 aliphatic heterocycles. The van der Waals surface area contributed by atoms with Crippen molar-refractivity contribution in [3.05, 3.63) is 0 Å². The predicted molar refractivity (Wildman–Crippen MR) is 25.5 cm³/mol. The van der Waals surface area contributed by atoms with Crippen LogP contribution in [0.15, 0.2) is 0 Å². The van der Waals surface area contributed by atoms with Gasteiger partial charge < -0.3 is 23.3 Å². The van der Waals surface area contributed by atoms with Crippen molar-refractivity contribution in [3.8, 4) is 0 Å². The van der Waals surface area contributed by atoms with Gasteiger partial charge in [-0.2, -0.15) is 0 Å². The second kappa shape index (κ2) is 75.6. The fourth-order valence-electron chi connectivity index (χ4n) is 0. The van der Waals surface area contributed by atoms with Crippen molar-refractivity contribution >= 4 is 17.4 Å². The summed E-state index contributed by atoms with van der Waals surface area (Å²) in [6.45, 7) is 0. The molecule has 8 N–H and O–H groups in total. The van der Waals surface area contributed by atoms with E-state index in [1.54, 1.807) is 0 Å². The van der Waals surface area contributed by atoms with E-state index in [0.29, 0.717) is 0 Å². The molecular formula is H12AlFeKO4. The minimum absolute atomic E-state index is 0. The molecule has 0 aromatic rings. The maximum absolute atomic E-state index is 0. The first-order valence-corrected chi connectivity index (χ1v) is 0. The van der Waals surface area contributed by atoms with Gasteiger partial charge in [-0.25, -0.2) is 0 Å². The minimum Gasteiger partial charge on any atom is -1.00 e. The Hall–Kier alpha value is 2.53. The molecule has 0 radical (unpaired) electrons. The summed E-state index contributed by atoms with van der Waals surface area (Å²) in [5.74, 6) is 0. The molecular weight excluding hydrogens is 186 g/mol. The molecule has 0 fully saturated rings. The first-order valence-electron chi connectivity index (χ1n) is 0. The summed E-state index contributed by atoms with van der Waals surface area (Å²) in [6, 6.07) is 0. The van der Waals surface area contributed by atoms with Gasteiger partial charge in [0.15, 0.2) is 17.4 Å². The second-order valence-corrected chi connectivity index (χ2v) is 0. The van der Waals surface area contributed by atoms with Gasteiger partial charge in [0.2, 0.25) is 0 Å². The Morgan fingerprint density at radius 1 is 0.714 bits per heavy atom. The molecule has 0 heterocycles. The minimum atomic E-state index is 0. The molecule has 0 aromatic carbocycles. The third-order valence-corrected chi connectivity index (χ3v) is 0. The normalized spacial score (nSPS) is 0. The average molecular weight is 198 g/mol. The number of rotatable bonds is 0. The first-order chi connectivity index (χ1) is 0. The monoisotopic (exact) mass is 198 g/mol. The van der Waals surface area contributed by atoms with Crippen LogP contribution >= 0.6 is 0 Å². The SMILES string of the molecule is O.O.O.O.[AlH3].[Fe].[H-].[K+]. The van der Waals surface area contributed by atoms with Crippen LogP contribution in [-0.4, -0.2) is 39.3 Å². The van der Waals surface area contributed by atoms with Gasteiger partial charge in [-0.15, -0.1) is 0 Å². The maximum Gasteiger partial charge on any atom is 1.00 e. The van der Waals surface area contributed by atoms with Gasteiger partial charge >= 0.3 is 51.4 Å². The molecule has 0 spiro atoms. The van der Waals surface area contributed by atoms with Gasteiger partial charge in [0.1, 0.15) is 0 Å². The van der Waals surface area contributed by atoms with Gasteiger partial charge in [0.05, 0.1) is 0 Å². The van der Waals surface area contributed by atoms with Gasteiger partial charge in [-0.1, -0.05) is 0 Å². The van der Waals surface area contributed by atoms with E-state index in [9.17, 15) is 0 Å². The van der Waals surface area contributed by atoms with E-state index in [1.165, 1.54) is 0 Å². The molecule has 0 amide bonds. The third-order valence-electron chi connectivity index (χ3n) is 0. The molecule has 0 aliphatic rings. The van der Waals surface area contributed by atoms with Crippen LogP contribution in [0.4, 0.5) is 0 Å². The zero-order valence-corrected chi connectivity index (χ0v) is 7.58. The Bertz CT molecular complexity index is 16.0. The van der Waals surface area contributed by atoms with Crippen LogP contribution in [0.25, 0.3) is 0 Å². The van der Waals surface area contributed by atoms with Crippen molar-refractivity contribution in [1.82, 2.24) is 0 Å². The van der Waals surface area contributed by atoms with Crippen LogP contribution in [0.1, 0.15) is 1.43 Å². The standard InChI is InChI=1S/Al.Fe.K.4H2O.4H/h;;;4*1H2;;;;/q;;+1;;;;;;;;-1. The molecule has 0 aliphatic carbocycles. The molecule has 0 bridgehead atoms. The molecule has 0 unspecified atom stereocenters. The van der Waals surface area contributed by atoms with E-state index in [-0.39, 0.29) is 109 Å². The fraction of sp³-hybridized carbons (Fsp3) is 0. The molecule has 0 saturated heterocycles. The van der Waals surface area contributed by atoms with Crippen LogP contribution in [0, 0.1) is 0 Å². The second-order valence-electron chi connectivity index (χ2n) is 0. The molecule has 0 rings (SSSR count). The topological polar surface area (TPSA) is 126 Å². The van der Waals surface area contributed by atoms with Crippen LogP contribution in [-0.2, 0) is 17.1 Å². The van der Waals surface area contributed by atoms with Crippen LogP contribution < -0.4 is 51.4 Å². The predicted octanol–water partition coefficient (Wildman–Crippen LogP) is -7.37. The molecule has 0 atom stereocenters. The Morgan fingerprint density at radius 2 is 0.714 bits per heavy atom. The fourth-order valence-corrected chi connectivity index (χ4v) is 0. The van der Waals surface area contributed by atoms with Gasteiger partial charge in [-0.3, -0.25) is 0 Å². The van der Waals surface area contributed by atoms with Crippen molar-refractivity contribution in [2.75, 3.05) is 0 Å². The van der Waals surface area contributed by atoms with Crippen LogP contribution in [0.5, 0.6) is 0 Å². The van der Waals surface area contributed by atoms with E-state index >= 15 is 0 Å². The maximum atomic E-state index is 0. The first kappa shape index (κ1) is 108. The van der Waals surface area contributed by atoms with E-state index in [1.807, 2.05) is 0 Å². The van der Waals surface area contributed by atoms with Gasteiger partial charge in [0.25, 0.3) is 0 Å². The Morgan fingerprint density at radius 3 is 0.714 bits per heavy atom. The summed E-state index contributed by atoms with van der Waals surface area (Å²) in [7, 11) is 0. The Balaban J connectivity index is 0. The van der Waals surface area contributed by atoms with Crippen molar-refractivity contribution in [2.24, 2.45) is 0 Å². The quantitative estimate of drug-likeness (QED) is 0.343. The molecule has 4 nitrogen and oxygen atoms in total. The van der Waals surface area contributed by atoms with Crippen molar-refractivity contribution < 1.29 is 91.8 Å². The van der Waals surface area contributed by atoms with Crippen molar-refractivity contribution in [2.45, 2.75) is 0 Å². The van der Waals surface area contributed by atoms with Crippen LogP contribution in [0.3, 0.4) is 0 Å². The van der Waals surface area contributed by atoms with Crippen LogP contribution in [0.2, 0.25) is 0 Å². The largest absolute Gasteiger partial charge is 1.00 e.